The maximum absolute atomic E-state index is 13.0. The molecule has 1 heterocycles. The largest absolute Gasteiger partial charge is 0.527 e. The monoisotopic (exact) mass is 654 g/mol. The lowest BCUT2D eigenvalue weighted by atomic mass is 9.44. The number of carbonyl (C=O) groups excluding carboxylic acids is 1. The molecule has 0 aromatic heterocycles. The van der Waals surface area contributed by atoms with Gasteiger partial charge in [0.05, 0.1) is 12.7 Å². The van der Waals surface area contributed by atoms with Crippen LogP contribution in [0.25, 0.3) is 0 Å². The van der Waals surface area contributed by atoms with Crippen LogP contribution in [0, 0.1) is 58.2 Å². The Kier molecular flexibility index (Phi) is 10.5. The lowest BCUT2D eigenvalue weighted by Crippen LogP contribution is -2.54. The number of phosphoric acid groups is 1. The number of aliphatic hydroxyl groups is 3. The highest BCUT2D eigenvalue weighted by molar-refractivity contribution is 7.47. The molecule has 9 nitrogen and oxygen atoms in total. The van der Waals surface area contributed by atoms with Gasteiger partial charge in [0.1, 0.15) is 6.10 Å². The van der Waals surface area contributed by atoms with Gasteiger partial charge in [0.2, 0.25) is 11.5 Å². The van der Waals surface area contributed by atoms with E-state index in [1.807, 2.05) is 0 Å². The normalized spacial score (nSPS) is 41.5. The average Bonchev–Trinajstić information content (AvgIpc) is 3.48. The molecule has 45 heavy (non-hydrogen) atoms. The predicted octanol–water partition coefficient (Wildman–Crippen LogP) is 7.29. The van der Waals surface area contributed by atoms with Gasteiger partial charge in [-0.2, -0.15) is 0 Å². The second-order valence-corrected chi connectivity index (χ2v) is 17.5. The van der Waals surface area contributed by atoms with E-state index in [-0.39, 0.29) is 5.41 Å². The van der Waals surface area contributed by atoms with Gasteiger partial charge in [0.25, 0.3) is 0 Å². The second-order valence-electron chi connectivity index (χ2n) is 16.2. The van der Waals surface area contributed by atoms with E-state index in [0.717, 1.165) is 48.3 Å². The molecule has 4 fully saturated rings. The summed E-state index contributed by atoms with van der Waals surface area (Å²) < 4.78 is 28.6. The number of ether oxygens (including phenoxy) is 1. The van der Waals surface area contributed by atoms with Crippen LogP contribution in [0.2, 0.25) is 0 Å². The first-order valence-electron chi connectivity index (χ1n) is 17.8. The fourth-order valence-electron chi connectivity index (χ4n) is 11.2. The van der Waals surface area contributed by atoms with Crippen molar-refractivity contribution in [1.29, 1.82) is 0 Å². The zero-order valence-corrected chi connectivity index (χ0v) is 29.2. The minimum absolute atomic E-state index is 0.169. The van der Waals surface area contributed by atoms with Crippen molar-refractivity contribution in [2.45, 2.75) is 137 Å². The highest BCUT2D eigenvalue weighted by Crippen LogP contribution is 2.69. The molecular formula is C35H59O9P. The van der Waals surface area contributed by atoms with E-state index in [2.05, 4.69) is 41.5 Å². The zero-order valence-electron chi connectivity index (χ0n) is 28.3. The van der Waals surface area contributed by atoms with Crippen molar-refractivity contribution in [1.82, 2.24) is 0 Å². The molecule has 0 aromatic carbocycles. The van der Waals surface area contributed by atoms with Crippen molar-refractivity contribution in [2.75, 3.05) is 6.61 Å². The summed E-state index contributed by atoms with van der Waals surface area (Å²) in [5.74, 6) is 2.86. The third-order valence-electron chi connectivity index (χ3n) is 13.8. The van der Waals surface area contributed by atoms with Crippen molar-refractivity contribution in [3.05, 3.63) is 11.5 Å². The Morgan fingerprint density at radius 1 is 1.00 bits per heavy atom. The number of hydrogen-bond donors (Lipinski definition) is 4. The van der Waals surface area contributed by atoms with Crippen LogP contribution >= 0.6 is 7.82 Å². The molecule has 0 amide bonds. The fourth-order valence-corrected chi connectivity index (χ4v) is 12.3. The van der Waals surface area contributed by atoms with E-state index in [1.54, 1.807) is 0 Å². The van der Waals surface area contributed by atoms with Crippen LogP contribution in [0.5, 0.6) is 0 Å². The van der Waals surface area contributed by atoms with Gasteiger partial charge in [-0.15, -0.1) is 0 Å². The number of aliphatic hydroxyl groups excluding tert-OH is 3. The van der Waals surface area contributed by atoms with Crippen molar-refractivity contribution in [2.24, 2.45) is 58.2 Å². The van der Waals surface area contributed by atoms with Crippen LogP contribution < -0.4 is 0 Å². The number of cyclic esters (lactones) is 1. The molecule has 13 atom stereocenters. The molecule has 0 spiro atoms. The summed E-state index contributed by atoms with van der Waals surface area (Å²) in [5, 5.41) is 29.3. The molecule has 1 aliphatic heterocycles. The van der Waals surface area contributed by atoms with E-state index in [4.69, 9.17) is 13.8 Å². The lowest BCUT2D eigenvalue weighted by molar-refractivity contribution is -0.147. The molecule has 258 valence electrons. The van der Waals surface area contributed by atoms with Gasteiger partial charge in [-0.1, -0.05) is 54.4 Å². The molecule has 1 unspecified atom stereocenters. The van der Waals surface area contributed by atoms with Crippen LogP contribution in [0.3, 0.4) is 0 Å². The maximum Gasteiger partial charge on any atom is 0.527 e. The standard InChI is InChI=1S/C35H59O9P/c1-7-22(20(2)3)9-8-21(4)26-12-13-27-25-11-10-23-18-24(14-16-34(23,5)28(25)15-17-35(26,27)6)43-45(40,41)44-32-30(38)33(39)42-31(32)29(37)19-36/h20-29,31,36-38H,7-19H2,1-6H3,(H,40,41)/t21-,22-,23+,24+,25+,26-,27+,28+,29+,31-,34+,35-/m1/s1. The number of fused-ring (bicyclic) bond motifs is 5. The van der Waals surface area contributed by atoms with Crippen molar-refractivity contribution in [3.63, 3.8) is 0 Å². The Hall–Kier alpha value is -1.12. The van der Waals surface area contributed by atoms with Gasteiger partial charge < -0.3 is 24.6 Å². The molecule has 0 bridgehead atoms. The molecule has 4 saturated carbocycles. The van der Waals surface area contributed by atoms with E-state index in [9.17, 15) is 29.6 Å². The molecule has 5 aliphatic rings. The molecule has 5 rings (SSSR count). The van der Waals surface area contributed by atoms with Gasteiger partial charge in [-0.3, -0.25) is 9.42 Å². The smallest absolute Gasteiger partial charge is 0.499 e. The van der Waals surface area contributed by atoms with Crippen LogP contribution in [-0.4, -0.2) is 51.1 Å². The molecule has 10 heteroatoms. The van der Waals surface area contributed by atoms with Crippen molar-refractivity contribution in [3.8, 4) is 0 Å². The van der Waals surface area contributed by atoms with Gasteiger partial charge in [-0.25, -0.2) is 9.36 Å². The SMILES string of the molecule is CC[C@H](CC[C@@H](C)[C@H]1CC[C@H]2[C@@H]3CC[C@H]4C[C@@H](OP(=O)(O)OC5=C(O)C(=O)O[C@@H]5[C@@H](O)CO)CC[C@]4(C)[C@H]3CC[C@]12C)C(C)C. The number of rotatable bonds is 12. The van der Waals surface area contributed by atoms with Gasteiger partial charge in [-0.05, 0) is 122 Å². The van der Waals surface area contributed by atoms with Crippen LogP contribution in [-0.2, 0) is 23.1 Å². The highest BCUT2D eigenvalue weighted by Gasteiger charge is 2.61. The minimum Gasteiger partial charge on any atom is -0.499 e. The lowest BCUT2D eigenvalue weighted by Gasteiger charge is -2.61. The van der Waals surface area contributed by atoms with E-state index in [0.29, 0.717) is 30.1 Å². The minimum atomic E-state index is -4.76. The molecule has 4 aliphatic carbocycles. The van der Waals surface area contributed by atoms with E-state index in [1.165, 1.54) is 51.4 Å². The highest BCUT2D eigenvalue weighted by atomic mass is 31.2. The number of carbonyl (C=O) groups is 1. The first-order chi connectivity index (χ1) is 21.1. The van der Waals surface area contributed by atoms with Gasteiger partial charge >= 0.3 is 13.8 Å². The Labute approximate surface area is 270 Å². The fraction of sp³-hybridized carbons (Fsp3) is 0.914. The second kappa shape index (κ2) is 13.4. The molecule has 4 N–H and O–H groups in total. The van der Waals surface area contributed by atoms with Gasteiger partial charge in [0.15, 0.2) is 6.10 Å². The quantitative estimate of drug-likeness (QED) is 0.126. The molecule has 0 radical (unpaired) electrons. The summed E-state index contributed by atoms with van der Waals surface area (Å²) in [5.41, 5.74) is 0.597. The van der Waals surface area contributed by atoms with Crippen LogP contribution in [0.4, 0.5) is 0 Å². The van der Waals surface area contributed by atoms with E-state index < -0.39 is 50.2 Å². The summed E-state index contributed by atoms with van der Waals surface area (Å²) in [6.45, 7) is 13.9. The first kappa shape index (κ1) is 35.2. The van der Waals surface area contributed by atoms with Crippen LogP contribution in [0.1, 0.15) is 119 Å². The summed E-state index contributed by atoms with van der Waals surface area (Å²) in [4.78, 5) is 22.4. The van der Waals surface area contributed by atoms with E-state index >= 15 is 0 Å². The molecular weight excluding hydrogens is 595 g/mol. The Balaban J connectivity index is 1.21. The topological polar surface area (TPSA) is 143 Å². The first-order valence-corrected chi connectivity index (χ1v) is 19.3. The third kappa shape index (κ3) is 6.64. The molecule has 0 aromatic rings. The summed E-state index contributed by atoms with van der Waals surface area (Å²) in [7, 11) is -4.76. The van der Waals surface area contributed by atoms with Gasteiger partial charge in [0, 0.05) is 0 Å². The van der Waals surface area contributed by atoms with Crippen molar-refractivity contribution >= 4 is 13.8 Å². The predicted molar refractivity (Wildman–Crippen MR) is 171 cm³/mol. The number of hydrogen-bond acceptors (Lipinski definition) is 8. The summed E-state index contributed by atoms with van der Waals surface area (Å²) in [6, 6.07) is 0. The zero-order chi connectivity index (χ0) is 32.9. The van der Waals surface area contributed by atoms with Crippen LogP contribution in [0.15, 0.2) is 11.5 Å². The van der Waals surface area contributed by atoms with Crippen molar-refractivity contribution < 1.29 is 43.4 Å². The average molecular weight is 655 g/mol. The summed E-state index contributed by atoms with van der Waals surface area (Å²) >= 11 is 0. The number of phosphoric ester groups is 1. The Bertz CT molecular complexity index is 1160. The third-order valence-corrected chi connectivity index (χ3v) is 14.8. The Morgan fingerprint density at radius 3 is 2.36 bits per heavy atom. The Morgan fingerprint density at radius 2 is 1.69 bits per heavy atom. The number of esters is 1. The maximum atomic E-state index is 13.0. The summed E-state index contributed by atoms with van der Waals surface area (Å²) in [6.07, 6.45) is 10.1. The molecule has 0 saturated heterocycles.